The van der Waals surface area contributed by atoms with Gasteiger partial charge in [-0.3, -0.25) is 0 Å². The second kappa shape index (κ2) is 7.28. The van der Waals surface area contributed by atoms with Crippen LogP contribution in [0, 0.1) is 0 Å². The van der Waals surface area contributed by atoms with Crippen molar-refractivity contribution in [1.82, 2.24) is 0 Å². The van der Waals surface area contributed by atoms with Crippen LogP contribution in [-0.4, -0.2) is 8.07 Å². The summed E-state index contributed by atoms with van der Waals surface area (Å²) < 4.78 is 1.16. The molecule has 2 rings (SSSR count). The maximum Gasteiger partial charge on any atom is 0.0147 e. The first kappa shape index (κ1) is 15.9. The molecule has 0 aromatic heterocycles. The van der Waals surface area contributed by atoms with E-state index in [9.17, 15) is 0 Å². The SMILES string of the molecule is Br[c-]1[cH-][cH-][cH-][cH-]1.C[Si](C)(C)[c-]1cccc1.[Fe]. The summed E-state index contributed by atoms with van der Waals surface area (Å²) in [6.07, 6.45) is 0. The van der Waals surface area contributed by atoms with Crippen molar-refractivity contribution in [3.05, 3.63) is 53.0 Å². The third-order valence-electron chi connectivity index (χ3n) is 2.15. The Labute approximate surface area is 118 Å². The van der Waals surface area contributed by atoms with Gasteiger partial charge in [-0.05, 0) is 0 Å². The van der Waals surface area contributed by atoms with Gasteiger partial charge in [0, 0.05) is 25.1 Å². The van der Waals surface area contributed by atoms with E-state index in [1.54, 1.807) is 5.19 Å². The van der Waals surface area contributed by atoms with Crippen molar-refractivity contribution >= 4 is 29.2 Å². The maximum absolute atomic E-state index is 3.28. The van der Waals surface area contributed by atoms with E-state index >= 15 is 0 Å². The van der Waals surface area contributed by atoms with E-state index in [4.69, 9.17) is 0 Å². The van der Waals surface area contributed by atoms with Crippen LogP contribution in [0.1, 0.15) is 0 Å². The normalized spacial score (nSPS) is 10.0. The van der Waals surface area contributed by atoms with Gasteiger partial charge >= 0.3 is 0 Å². The van der Waals surface area contributed by atoms with Crippen molar-refractivity contribution in [1.29, 1.82) is 0 Å². The third-order valence-corrected chi connectivity index (χ3v) is 4.74. The fourth-order valence-corrected chi connectivity index (χ4v) is 2.72. The zero-order chi connectivity index (χ0) is 11.3. The summed E-state index contributed by atoms with van der Waals surface area (Å²) in [5.74, 6) is 0. The Morgan fingerprint density at radius 3 is 1.62 bits per heavy atom. The molecule has 2 aromatic rings. The molecule has 0 bridgehead atoms. The minimum atomic E-state index is -0.981. The van der Waals surface area contributed by atoms with Crippen LogP contribution in [0.15, 0.2) is 53.0 Å². The van der Waals surface area contributed by atoms with Crippen LogP contribution in [0.3, 0.4) is 0 Å². The zero-order valence-corrected chi connectivity index (χ0v) is 13.5. The molecule has 0 atom stereocenters. The van der Waals surface area contributed by atoms with Gasteiger partial charge in [0.2, 0.25) is 0 Å². The quantitative estimate of drug-likeness (QED) is 0.543. The van der Waals surface area contributed by atoms with Crippen molar-refractivity contribution in [2.24, 2.45) is 0 Å². The van der Waals surface area contributed by atoms with E-state index in [0.717, 1.165) is 4.47 Å². The molecule has 0 radical (unpaired) electrons. The van der Waals surface area contributed by atoms with Crippen LogP contribution in [0.2, 0.25) is 19.6 Å². The molecule has 0 aliphatic carbocycles. The van der Waals surface area contributed by atoms with Crippen LogP contribution in [-0.2, 0) is 17.1 Å². The molecule has 0 nitrogen and oxygen atoms in total. The van der Waals surface area contributed by atoms with Gasteiger partial charge in [0.05, 0.1) is 0 Å². The maximum atomic E-state index is 3.28. The van der Waals surface area contributed by atoms with E-state index in [1.807, 2.05) is 24.3 Å². The van der Waals surface area contributed by atoms with Crippen molar-refractivity contribution in [3.8, 4) is 0 Å². The van der Waals surface area contributed by atoms with E-state index in [2.05, 4.69) is 59.8 Å². The molecule has 0 amide bonds. The van der Waals surface area contributed by atoms with Crippen LogP contribution in [0.5, 0.6) is 0 Å². The number of hydrogen-bond donors (Lipinski definition) is 0. The van der Waals surface area contributed by atoms with E-state index in [1.165, 1.54) is 0 Å². The van der Waals surface area contributed by atoms with Crippen LogP contribution >= 0.6 is 15.9 Å². The Morgan fingerprint density at radius 2 is 1.44 bits per heavy atom. The molecule has 3 heteroatoms. The van der Waals surface area contributed by atoms with Gasteiger partial charge < -0.3 is 44.7 Å². The van der Waals surface area contributed by atoms with Gasteiger partial charge in [-0.2, -0.15) is 17.3 Å². The third kappa shape index (κ3) is 5.85. The first-order valence-corrected chi connectivity index (χ1v) is 9.39. The van der Waals surface area contributed by atoms with Crippen molar-refractivity contribution in [2.75, 3.05) is 0 Å². The summed E-state index contributed by atoms with van der Waals surface area (Å²) >= 11 is 3.28. The predicted molar refractivity (Wildman–Crippen MR) is 74.8 cm³/mol. The topological polar surface area (TPSA) is 0 Å². The molecule has 0 aliphatic heterocycles. The van der Waals surface area contributed by atoms with Gasteiger partial charge in [0.15, 0.2) is 0 Å². The van der Waals surface area contributed by atoms with Crippen LogP contribution in [0.25, 0.3) is 0 Å². The number of halogens is 1. The number of rotatable bonds is 1. The summed E-state index contributed by atoms with van der Waals surface area (Å²) in [6.45, 7) is 7.09. The average molecular weight is 337 g/mol. The van der Waals surface area contributed by atoms with Gasteiger partial charge in [-0.15, -0.1) is 0 Å². The van der Waals surface area contributed by atoms with Crippen LogP contribution < -0.4 is 5.19 Å². The Morgan fingerprint density at radius 1 is 1.00 bits per heavy atom. The molecule has 0 saturated carbocycles. The van der Waals surface area contributed by atoms with Gasteiger partial charge in [0.1, 0.15) is 0 Å². The summed E-state index contributed by atoms with van der Waals surface area (Å²) in [5, 5.41) is 1.56. The molecule has 0 spiro atoms. The minimum absolute atomic E-state index is 0. The van der Waals surface area contributed by atoms with Crippen molar-refractivity contribution in [3.63, 3.8) is 0 Å². The summed E-state index contributed by atoms with van der Waals surface area (Å²) in [6, 6.07) is 16.7. The molecular formula is C13H17BrFeSi-6. The minimum Gasteiger partial charge on any atom is -0.747 e. The van der Waals surface area contributed by atoms with E-state index in [-0.39, 0.29) is 17.1 Å². The molecule has 0 saturated heterocycles. The molecule has 0 N–H and O–H groups in total. The van der Waals surface area contributed by atoms with Crippen LogP contribution in [0.4, 0.5) is 0 Å². The van der Waals surface area contributed by atoms with Crippen molar-refractivity contribution < 1.29 is 17.1 Å². The number of hydrogen-bond acceptors (Lipinski definition) is 0. The Balaban J connectivity index is 0.000000283. The van der Waals surface area contributed by atoms with E-state index in [0.29, 0.717) is 0 Å². The van der Waals surface area contributed by atoms with Gasteiger partial charge in [-0.1, -0.05) is 19.6 Å². The first-order valence-electron chi connectivity index (χ1n) is 5.09. The molecular weight excluding hydrogens is 320 g/mol. The summed E-state index contributed by atoms with van der Waals surface area (Å²) in [7, 11) is -0.981. The van der Waals surface area contributed by atoms with Crippen molar-refractivity contribution in [2.45, 2.75) is 19.6 Å². The zero-order valence-electron chi connectivity index (χ0n) is 9.85. The Hall–Kier alpha value is -0.0836. The molecule has 0 unspecified atom stereocenters. The molecule has 0 aliphatic rings. The largest absolute Gasteiger partial charge is 0.747 e. The smallest absolute Gasteiger partial charge is 0.0147 e. The fraction of sp³-hybridized carbons (Fsp3) is 0.231. The molecule has 16 heavy (non-hydrogen) atoms. The predicted octanol–water partition coefficient (Wildman–Crippen LogP) is 4.12. The van der Waals surface area contributed by atoms with E-state index < -0.39 is 8.07 Å². The van der Waals surface area contributed by atoms with Gasteiger partial charge in [-0.25, -0.2) is 12.1 Å². The van der Waals surface area contributed by atoms with Gasteiger partial charge in [0.25, 0.3) is 0 Å². The second-order valence-electron chi connectivity index (χ2n) is 4.53. The second-order valence-corrected chi connectivity index (χ2v) is 10.5. The monoisotopic (exact) mass is 336 g/mol. The standard InChI is InChI=1S/C8H13Si.C5H4Br.Fe/c1-9(2,3)8-6-4-5-7-8;6-5-3-1-2-4-5;/h4-7H,1-3H3;1-4H;/q-1;-5;. The molecule has 0 heterocycles. The molecule has 2 aromatic carbocycles. The fourth-order valence-electron chi connectivity index (χ4n) is 1.22. The Bertz CT molecular complexity index is 357. The first-order chi connectivity index (χ1) is 7.00. The Kier molecular flexibility index (Phi) is 7.24. The molecule has 94 valence electrons. The summed E-state index contributed by atoms with van der Waals surface area (Å²) in [4.78, 5) is 0. The average Bonchev–Trinajstić information content (AvgIpc) is 2.73. The molecule has 0 fully saturated rings. The summed E-state index contributed by atoms with van der Waals surface area (Å²) in [5.41, 5.74) is 0.